The Morgan fingerprint density at radius 2 is 2.40 bits per heavy atom. The number of methoxy groups -OCH3 is 1. The summed E-state index contributed by atoms with van der Waals surface area (Å²) >= 11 is 0. The van der Waals surface area contributed by atoms with E-state index in [2.05, 4.69) is 11.9 Å². The molecule has 0 unspecified atom stereocenters. The number of hydrogen-bond donors (Lipinski definition) is 1. The van der Waals surface area contributed by atoms with E-state index in [1.165, 1.54) is 19.3 Å². The molecule has 1 aliphatic heterocycles. The van der Waals surface area contributed by atoms with Crippen molar-refractivity contribution < 1.29 is 4.74 Å². The molecule has 1 saturated heterocycles. The number of hydrogen-bond acceptors (Lipinski definition) is 2. The number of ether oxygens (including phenoxy) is 1. The van der Waals surface area contributed by atoms with E-state index in [0.29, 0.717) is 6.04 Å². The van der Waals surface area contributed by atoms with E-state index < -0.39 is 0 Å². The van der Waals surface area contributed by atoms with Crippen LogP contribution in [0.15, 0.2) is 12.3 Å². The van der Waals surface area contributed by atoms with Gasteiger partial charge in [-0.15, -0.1) is 0 Å². The Bertz CT molecular complexity index is 116. The lowest BCUT2D eigenvalue weighted by Crippen LogP contribution is -2.35. The first kappa shape index (κ1) is 7.61. The zero-order chi connectivity index (χ0) is 7.40. The van der Waals surface area contributed by atoms with Crippen LogP contribution < -0.4 is 5.32 Å². The molecule has 1 heterocycles. The van der Waals surface area contributed by atoms with Crippen LogP contribution in [-0.4, -0.2) is 19.7 Å². The van der Waals surface area contributed by atoms with Crippen molar-refractivity contribution in [2.45, 2.75) is 25.3 Å². The van der Waals surface area contributed by atoms with Crippen molar-refractivity contribution in [2.75, 3.05) is 13.7 Å². The van der Waals surface area contributed by atoms with Crippen LogP contribution in [0, 0.1) is 0 Å². The predicted octanol–water partition coefficient (Wildman–Crippen LogP) is 1.29. The van der Waals surface area contributed by atoms with Gasteiger partial charge in [0.05, 0.1) is 13.2 Å². The molecule has 0 aliphatic carbocycles. The minimum atomic E-state index is 0.402. The van der Waals surface area contributed by atoms with E-state index in [1.807, 2.05) is 0 Å². The highest BCUT2D eigenvalue weighted by molar-refractivity contribution is 4.97. The van der Waals surface area contributed by atoms with Crippen LogP contribution in [0.4, 0.5) is 0 Å². The summed E-state index contributed by atoms with van der Waals surface area (Å²) in [6.45, 7) is 4.92. The Balaban J connectivity index is 2.31. The smallest absolute Gasteiger partial charge is 0.105 e. The van der Waals surface area contributed by atoms with E-state index in [-0.39, 0.29) is 0 Å². The molecule has 2 nitrogen and oxygen atoms in total. The van der Waals surface area contributed by atoms with Gasteiger partial charge in [0.15, 0.2) is 0 Å². The van der Waals surface area contributed by atoms with Crippen LogP contribution in [0.1, 0.15) is 19.3 Å². The fraction of sp³-hybridized carbons (Fsp3) is 0.750. The summed E-state index contributed by atoms with van der Waals surface area (Å²) in [7, 11) is 1.68. The van der Waals surface area contributed by atoms with Gasteiger partial charge in [-0.1, -0.05) is 13.0 Å². The van der Waals surface area contributed by atoms with E-state index in [9.17, 15) is 0 Å². The molecule has 2 heteroatoms. The first-order chi connectivity index (χ1) is 4.84. The van der Waals surface area contributed by atoms with Crippen molar-refractivity contribution in [3.63, 3.8) is 0 Å². The molecule has 0 radical (unpaired) electrons. The topological polar surface area (TPSA) is 21.3 Å². The molecule has 0 amide bonds. The first-order valence-corrected chi connectivity index (χ1v) is 3.81. The van der Waals surface area contributed by atoms with Crippen LogP contribution >= 0.6 is 0 Å². The van der Waals surface area contributed by atoms with E-state index in [0.717, 1.165) is 12.3 Å². The zero-order valence-corrected chi connectivity index (χ0v) is 6.52. The van der Waals surface area contributed by atoms with Crippen molar-refractivity contribution in [1.82, 2.24) is 5.32 Å². The lowest BCUT2D eigenvalue weighted by molar-refractivity contribution is 0.236. The largest absolute Gasteiger partial charge is 0.500 e. The van der Waals surface area contributed by atoms with E-state index >= 15 is 0 Å². The van der Waals surface area contributed by atoms with Crippen molar-refractivity contribution in [2.24, 2.45) is 0 Å². The third-order valence-corrected chi connectivity index (χ3v) is 1.96. The molecule has 1 rings (SSSR count). The number of nitrogens with one attached hydrogen (secondary N) is 1. The van der Waals surface area contributed by atoms with Crippen molar-refractivity contribution in [1.29, 1.82) is 0 Å². The molecule has 0 aromatic carbocycles. The van der Waals surface area contributed by atoms with E-state index in [4.69, 9.17) is 4.74 Å². The molecular formula is C8H15NO. The van der Waals surface area contributed by atoms with Crippen LogP contribution in [-0.2, 0) is 4.74 Å². The standard InChI is InChI=1S/C8H15NO/c1-7(10-2)8-5-3-4-6-9-8/h8-9H,1,3-6H2,2H3/t8-/m0/s1. The highest BCUT2D eigenvalue weighted by atomic mass is 16.5. The normalized spacial score (nSPS) is 25.9. The Labute approximate surface area is 62.3 Å². The Morgan fingerprint density at radius 1 is 1.60 bits per heavy atom. The highest BCUT2D eigenvalue weighted by Crippen LogP contribution is 2.12. The minimum Gasteiger partial charge on any atom is -0.500 e. The lowest BCUT2D eigenvalue weighted by atomic mass is 10.0. The molecule has 0 aromatic heterocycles. The van der Waals surface area contributed by atoms with Crippen molar-refractivity contribution >= 4 is 0 Å². The van der Waals surface area contributed by atoms with Gasteiger partial charge < -0.3 is 10.1 Å². The van der Waals surface area contributed by atoms with Gasteiger partial charge in [-0.3, -0.25) is 0 Å². The zero-order valence-electron chi connectivity index (χ0n) is 6.52. The average molecular weight is 141 g/mol. The maximum Gasteiger partial charge on any atom is 0.105 e. The number of piperidine rings is 1. The van der Waals surface area contributed by atoms with Gasteiger partial charge in [0, 0.05) is 0 Å². The molecule has 10 heavy (non-hydrogen) atoms. The summed E-state index contributed by atoms with van der Waals surface area (Å²) in [5, 5.41) is 3.35. The lowest BCUT2D eigenvalue weighted by Gasteiger charge is -2.23. The summed E-state index contributed by atoms with van der Waals surface area (Å²) in [5.41, 5.74) is 0. The third kappa shape index (κ3) is 1.74. The predicted molar refractivity (Wildman–Crippen MR) is 41.8 cm³/mol. The molecule has 0 saturated carbocycles. The van der Waals surface area contributed by atoms with Crippen LogP contribution in [0.5, 0.6) is 0 Å². The summed E-state index contributed by atoms with van der Waals surface area (Å²) in [6.07, 6.45) is 3.75. The second-order valence-corrected chi connectivity index (χ2v) is 2.67. The fourth-order valence-corrected chi connectivity index (χ4v) is 1.27. The monoisotopic (exact) mass is 141 g/mol. The number of rotatable bonds is 2. The maximum absolute atomic E-state index is 5.03. The summed E-state index contributed by atoms with van der Waals surface area (Å²) < 4.78 is 5.03. The van der Waals surface area contributed by atoms with Gasteiger partial charge >= 0.3 is 0 Å². The second kappa shape index (κ2) is 3.62. The molecule has 0 spiro atoms. The molecule has 0 bridgehead atoms. The molecule has 1 atom stereocenters. The van der Waals surface area contributed by atoms with Gasteiger partial charge in [-0.25, -0.2) is 0 Å². The molecule has 58 valence electrons. The molecular weight excluding hydrogens is 126 g/mol. The molecule has 1 N–H and O–H groups in total. The maximum atomic E-state index is 5.03. The minimum absolute atomic E-state index is 0.402. The Morgan fingerprint density at radius 3 is 2.90 bits per heavy atom. The van der Waals surface area contributed by atoms with Gasteiger partial charge in [0.25, 0.3) is 0 Å². The van der Waals surface area contributed by atoms with Crippen LogP contribution in [0.3, 0.4) is 0 Å². The highest BCUT2D eigenvalue weighted by Gasteiger charge is 2.15. The SMILES string of the molecule is C=C(OC)[C@@H]1CCCCN1. The molecule has 1 aliphatic rings. The first-order valence-electron chi connectivity index (χ1n) is 3.81. The molecule has 1 fully saturated rings. The average Bonchev–Trinajstić information content (AvgIpc) is 2.05. The second-order valence-electron chi connectivity index (χ2n) is 2.67. The quantitative estimate of drug-likeness (QED) is 0.585. The summed E-state index contributed by atoms with van der Waals surface area (Å²) in [5.74, 6) is 0.875. The molecule has 0 aromatic rings. The third-order valence-electron chi connectivity index (χ3n) is 1.96. The Kier molecular flexibility index (Phi) is 2.75. The van der Waals surface area contributed by atoms with Gasteiger partial charge in [0.2, 0.25) is 0 Å². The van der Waals surface area contributed by atoms with Gasteiger partial charge in [-0.05, 0) is 19.4 Å². The van der Waals surface area contributed by atoms with Crippen LogP contribution in [0.25, 0.3) is 0 Å². The van der Waals surface area contributed by atoms with Gasteiger partial charge in [-0.2, -0.15) is 0 Å². The van der Waals surface area contributed by atoms with Crippen molar-refractivity contribution in [3.05, 3.63) is 12.3 Å². The summed E-state index contributed by atoms with van der Waals surface area (Å²) in [4.78, 5) is 0. The Hall–Kier alpha value is -0.500. The fourth-order valence-electron chi connectivity index (χ4n) is 1.27. The van der Waals surface area contributed by atoms with E-state index in [1.54, 1.807) is 7.11 Å². The van der Waals surface area contributed by atoms with Gasteiger partial charge in [0.1, 0.15) is 5.76 Å². The summed E-state index contributed by atoms with van der Waals surface area (Å²) in [6, 6.07) is 0.402. The van der Waals surface area contributed by atoms with Crippen LogP contribution in [0.2, 0.25) is 0 Å². The van der Waals surface area contributed by atoms with Crippen molar-refractivity contribution in [3.8, 4) is 0 Å².